The quantitative estimate of drug-likeness (QED) is 0.704. The van der Waals surface area contributed by atoms with Crippen LogP contribution >= 0.6 is 0 Å². The Bertz CT molecular complexity index is 916. The number of hydrogen-bond donors (Lipinski definition) is 2. The number of hydrogen-bond acceptors (Lipinski definition) is 7. The van der Waals surface area contributed by atoms with Crippen LogP contribution in [0.3, 0.4) is 0 Å². The Hall–Kier alpha value is -3.35. The molecule has 2 heterocycles. The minimum Gasteiger partial charge on any atom is -0.454 e. The molecule has 7 heteroatoms. The van der Waals surface area contributed by atoms with Crippen molar-refractivity contribution in [2.75, 3.05) is 17.4 Å². The first-order valence-electron chi connectivity index (χ1n) is 8.49. The maximum absolute atomic E-state index is 5.39. The molecule has 0 aliphatic carbocycles. The molecule has 0 fully saturated rings. The van der Waals surface area contributed by atoms with E-state index in [1.54, 1.807) is 6.20 Å². The third kappa shape index (κ3) is 3.51. The SMILES string of the molecule is CCc1ccccc1Nc1cnnc(NCc2ccc3c(c2)OCO3)n1. The summed E-state index contributed by atoms with van der Waals surface area (Å²) in [7, 11) is 0. The van der Waals surface area contributed by atoms with Gasteiger partial charge in [-0.05, 0) is 35.7 Å². The van der Waals surface area contributed by atoms with Crippen LogP contribution in [0.5, 0.6) is 11.5 Å². The lowest BCUT2D eigenvalue weighted by Crippen LogP contribution is -2.06. The standard InChI is InChI=1S/C19H19N5O2/c1-2-14-5-3-4-6-15(14)22-18-11-21-24-19(23-18)20-10-13-7-8-16-17(9-13)26-12-25-16/h3-9,11H,2,10,12H2,1H3,(H2,20,22,23,24). The lowest BCUT2D eigenvalue weighted by molar-refractivity contribution is 0.174. The molecule has 2 aromatic carbocycles. The van der Waals surface area contributed by atoms with Crippen LogP contribution in [0, 0.1) is 0 Å². The van der Waals surface area contributed by atoms with Gasteiger partial charge in [0.1, 0.15) is 0 Å². The molecule has 0 amide bonds. The van der Waals surface area contributed by atoms with Gasteiger partial charge in [-0.2, -0.15) is 10.1 Å². The van der Waals surface area contributed by atoms with Gasteiger partial charge in [0.25, 0.3) is 0 Å². The summed E-state index contributed by atoms with van der Waals surface area (Å²) >= 11 is 0. The molecule has 0 atom stereocenters. The highest BCUT2D eigenvalue weighted by atomic mass is 16.7. The zero-order chi connectivity index (χ0) is 17.8. The van der Waals surface area contributed by atoms with Crippen molar-refractivity contribution < 1.29 is 9.47 Å². The van der Waals surface area contributed by atoms with E-state index in [2.05, 4.69) is 38.8 Å². The van der Waals surface area contributed by atoms with Crippen molar-refractivity contribution in [3.63, 3.8) is 0 Å². The molecule has 7 nitrogen and oxygen atoms in total. The molecule has 0 radical (unpaired) electrons. The van der Waals surface area contributed by atoms with Crippen LogP contribution in [0.1, 0.15) is 18.1 Å². The maximum atomic E-state index is 5.39. The second-order valence-electron chi connectivity index (χ2n) is 5.84. The van der Waals surface area contributed by atoms with Crippen molar-refractivity contribution in [2.45, 2.75) is 19.9 Å². The van der Waals surface area contributed by atoms with E-state index < -0.39 is 0 Å². The number of benzene rings is 2. The lowest BCUT2D eigenvalue weighted by atomic mass is 10.1. The first-order chi connectivity index (χ1) is 12.8. The third-order valence-corrected chi connectivity index (χ3v) is 4.11. The summed E-state index contributed by atoms with van der Waals surface area (Å²) in [6, 6.07) is 14.0. The Labute approximate surface area is 151 Å². The lowest BCUT2D eigenvalue weighted by Gasteiger charge is -2.11. The van der Waals surface area contributed by atoms with Crippen LogP contribution in [0.15, 0.2) is 48.7 Å². The second-order valence-corrected chi connectivity index (χ2v) is 5.84. The normalized spacial score (nSPS) is 12.0. The van der Waals surface area contributed by atoms with E-state index >= 15 is 0 Å². The van der Waals surface area contributed by atoms with Gasteiger partial charge in [0, 0.05) is 12.2 Å². The van der Waals surface area contributed by atoms with E-state index in [1.807, 2.05) is 36.4 Å². The van der Waals surface area contributed by atoms with Gasteiger partial charge in [-0.25, -0.2) is 0 Å². The Morgan fingerprint density at radius 3 is 2.88 bits per heavy atom. The van der Waals surface area contributed by atoms with Gasteiger partial charge in [0.05, 0.1) is 6.20 Å². The second kappa shape index (κ2) is 7.26. The van der Waals surface area contributed by atoms with Gasteiger partial charge >= 0.3 is 0 Å². The number of aromatic nitrogens is 3. The molecular formula is C19H19N5O2. The number of rotatable bonds is 6. The van der Waals surface area contributed by atoms with Crippen LogP contribution < -0.4 is 20.1 Å². The van der Waals surface area contributed by atoms with Crippen LogP contribution in [0.4, 0.5) is 17.5 Å². The highest BCUT2D eigenvalue weighted by Crippen LogP contribution is 2.32. The van der Waals surface area contributed by atoms with Gasteiger partial charge in [0.15, 0.2) is 17.3 Å². The van der Waals surface area contributed by atoms with Gasteiger partial charge in [0.2, 0.25) is 12.7 Å². The van der Waals surface area contributed by atoms with Crippen LogP contribution in [0.2, 0.25) is 0 Å². The van der Waals surface area contributed by atoms with Gasteiger partial charge in [-0.3, -0.25) is 0 Å². The fraction of sp³-hybridized carbons (Fsp3) is 0.211. The molecule has 26 heavy (non-hydrogen) atoms. The summed E-state index contributed by atoms with van der Waals surface area (Å²) < 4.78 is 10.7. The van der Waals surface area contributed by atoms with Crippen molar-refractivity contribution >= 4 is 17.5 Å². The Kier molecular flexibility index (Phi) is 4.51. The topological polar surface area (TPSA) is 81.2 Å². The van der Waals surface area contributed by atoms with Crippen LogP contribution in [-0.4, -0.2) is 22.0 Å². The van der Waals surface area contributed by atoms with E-state index in [-0.39, 0.29) is 6.79 Å². The molecule has 0 spiro atoms. The molecule has 4 rings (SSSR count). The summed E-state index contributed by atoms with van der Waals surface area (Å²) in [4.78, 5) is 4.48. The Morgan fingerprint density at radius 2 is 1.96 bits per heavy atom. The van der Waals surface area contributed by atoms with Crippen molar-refractivity contribution in [3.8, 4) is 11.5 Å². The molecule has 0 bridgehead atoms. The number of nitrogens with zero attached hydrogens (tertiary/aromatic N) is 3. The molecule has 3 aromatic rings. The monoisotopic (exact) mass is 349 g/mol. The predicted molar refractivity (Wildman–Crippen MR) is 98.8 cm³/mol. The van der Waals surface area contributed by atoms with Crippen LogP contribution in [0.25, 0.3) is 0 Å². The first kappa shape index (κ1) is 16.1. The average Bonchev–Trinajstić information content (AvgIpc) is 3.15. The molecule has 0 saturated heterocycles. The minimum atomic E-state index is 0.270. The van der Waals surface area contributed by atoms with Gasteiger partial charge < -0.3 is 20.1 Å². The van der Waals surface area contributed by atoms with Crippen molar-refractivity contribution in [1.29, 1.82) is 0 Å². The molecule has 1 aromatic heterocycles. The molecule has 1 aliphatic heterocycles. The molecule has 1 aliphatic rings. The highest BCUT2D eigenvalue weighted by Gasteiger charge is 2.13. The van der Waals surface area contributed by atoms with E-state index in [1.165, 1.54) is 5.56 Å². The fourth-order valence-corrected chi connectivity index (χ4v) is 2.76. The zero-order valence-electron chi connectivity index (χ0n) is 14.4. The van der Waals surface area contributed by atoms with Gasteiger partial charge in [-0.15, -0.1) is 5.10 Å². The van der Waals surface area contributed by atoms with E-state index in [9.17, 15) is 0 Å². The zero-order valence-corrected chi connectivity index (χ0v) is 14.4. The molecular weight excluding hydrogens is 330 g/mol. The van der Waals surface area contributed by atoms with Crippen molar-refractivity contribution in [3.05, 3.63) is 59.8 Å². The Balaban J connectivity index is 1.44. The Morgan fingerprint density at radius 1 is 1.08 bits per heavy atom. The summed E-state index contributed by atoms with van der Waals surface area (Å²) in [6.45, 7) is 2.95. The van der Waals surface area contributed by atoms with E-state index in [0.29, 0.717) is 18.3 Å². The van der Waals surface area contributed by atoms with E-state index in [4.69, 9.17) is 9.47 Å². The summed E-state index contributed by atoms with van der Waals surface area (Å²) in [5, 5.41) is 14.6. The molecule has 2 N–H and O–H groups in total. The van der Waals surface area contributed by atoms with E-state index in [0.717, 1.165) is 29.2 Å². The molecule has 0 unspecified atom stereocenters. The summed E-state index contributed by atoms with van der Waals surface area (Å²) in [6.07, 6.45) is 2.55. The average molecular weight is 349 g/mol. The molecule has 132 valence electrons. The number of anilines is 3. The molecule has 0 saturated carbocycles. The summed E-state index contributed by atoms with van der Waals surface area (Å²) in [5.74, 6) is 2.64. The number of nitrogens with one attached hydrogen (secondary N) is 2. The number of fused-ring (bicyclic) bond motifs is 1. The first-order valence-corrected chi connectivity index (χ1v) is 8.49. The number of ether oxygens (including phenoxy) is 2. The number of aryl methyl sites for hydroxylation is 1. The summed E-state index contributed by atoms with van der Waals surface area (Å²) in [5.41, 5.74) is 3.30. The minimum absolute atomic E-state index is 0.270. The van der Waals surface area contributed by atoms with Gasteiger partial charge in [-0.1, -0.05) is 31.2 Å². The largest absolute Gasteiger partial charge is 0.454 e. The highest BCUT2D eigenvalue weighted by molar-refractivity contribution is 5.60. The number of para-hydroxylation sites is 1. The van der Waals surface area contributed by atoms with Crippen LogP contribution in [-0.2, 0) is 13.0 Å². The predicted octanol–water partition coefficient (Wildman–Crippen LogP) is 3.52. The van der Waals surface area contributed by atoms with Crippen molar-refractivity contribution in [1.82, 2.24) is 15.2 Å². The maximum Gasteiger partial charge on any atom is 0.244 e. The third-order valence-electron chi connectivity index (χ3n) is 4.11. The fourth-order valence-electron chi connectivity index (χ4n) is 2.76. The smallest absolute Gasteiger partial charge is 0.244 e. The van der Waals surface area contributed by atoms with Crippen molar-refractivity contribution in [2.24, 2.45) is 0 Å².